The van der Waals surface area contributed by atoms with Gasteiger partial charge in [-0.2, -0.15) is 21.0 Å². The average Bonchev–Trinajstić information content (AvgIpc) is 3.37. The van der Waals surface area contributed by atoms with Crippen LogP contribution in [0.5, 0.6) is 0 Å². The van der Waals surface area contributed by atoms with Crippen molar-refractivity contribution in [3.05, 3.63) is 47.5 Å². The van der Waals surface area contributed by atoms with Gasteiger partial charge >= 0.3 is 0 Å². The fourth-order valence-corrected chi connectivity index (χ4v) is 3.40. The summed E-state index contributed by atoms with van der Waals surface area (Å²) < 4.78 is 11.3. The van der Waals surface area contributed by atoms with E-state index in [1.807, 2.05) is 24.3 Å². The summed E-state index contributed by atoms with van der Waals surface area (Å²) in [5, 5.41) is 39.6. The minimum absolute atomic E-state index is 0.0194. The first-order chi connectivity index (χ1) is 14.7. The van der Waals surface area contributed by atoms with Crippen LogP contribution in [0.2, 0.25) is 0 Å². The maximum absolute atomic E-state index is 9.07. The quantitative estimate of drug-likeness (QED) is 0.369. The van der Waals surface area contributed by atoms with E-state index in [4.69, 9.17) is 29.9 Å². The highest BCUT2D eigenvalue weighted by Gasteiger charge is 2.13. The predicted octanol–water partition coefficient (Wildman–Crippen LogP) is 2.67. The molecule has 8 heteroatoms. The molecule has 0 saturated carbocycles. The third kappa shape index (κ3) is 2.29. The number of nitrogens with zero attached hydrogens (tertiary/aromatic N) is 6. The number of hydrogen-bond acceptors (Lipinski definition) is 8. The van der Waals surface area contributed by atoms with Crippen molar-refractivity contribution in [3.8, 4) is 24.3 Å². The normalized spacial score (nSPS) is 10.5. The standard InChI is InChI=1S/C22H6N6O2/c23-7-12(8-24)21-28-18-5-11-1-2-15-14(16(11)6-19(18)29-21)3-4-17-20(15)30-22(27-17)13(9-25)10-26/h1-6H. The Balaban J connectivity index is 1.89. The van der Waals surface area contributed by atoms with Gasteiger partial charge in [-0.05, 0) is 40.4 Å². The van der Waals surface area contributed by atoms with Crippen molar-refractivity contribution in [2.24, 2.45) is 0 Å². The second-order valence-corrected chi connectivity index (χ2v) is 6.35. The Kier molecular flexibility index (Phi) is 3.49. The topological polar surface area (TPSA) is 147 Å². The Bertz CT molecular complexity index is 1810. The highest BCUT2D eigenvalue weighted by atomic mass is 16.3. The zero-order valence-electron chi connectivity index (χ0n) is 15.0. The highest BCUT2D eigenvalue weighted by molar-refractivity contribution is 6.16. The van der Waals surface area contributed by atoms with E-state index in [2.05, 4.69) is 9.97 Å². The van der Waals surface area contributed by atoms with Crippen LogP contribution in [0.1, 0.15) is 0 Å². The van der Waals surface area contributed by atoms with E-state index in [-0.39, 0.29) is 22.2 Å². The lowest BCUT2D eigenvalue weighted by atomic mass is 10.0. The molecule has 2 aromatic heterocycles. The number of fused-ring (bicyclic) bond motifs is 6. The molecule has 8 nitrogen and oxygen atoms in total. The summed E-state index contributed by atoms with van der Waals surface area (Å²) in [5.41, 5.74) is 1.54. The van der Waals surface area contributed by atoms with Crippen molar-refractivity contribution in [1.29, 1.82) is 21.0 Å². The molecule has 0 amide bonds. The van der Waals surface area contributed by atoms with Crippen LogP contribution in [-0.4, -0.2) is 9.97 Å². The fraction of sp³-hybridized carbons (Fsp3) is 0. The van der Waals surface area contributed by atoms with Gasteiger partial charge in [-0.15, -0.1) is 0 Å². The van der Waals surface area contributed by atoms with Gasteiger partial charge in [0.15, 0.2) is 22.3 Å². The summed E-state index contributed by atoms with van der Waals surface area (Å²) in [6, 6.07) is 18.1. The van der Waals surface area contributed by atoms with E-state index in [1.165, 1.54) is 0 Å². The lowest BCUT2D eigenvalue weighted by Gasteiger charge is -2.04. The van der Waals surface area contributed by atoms with Crippen LogP contribution >= 0.6 is 0 Å². The van der Waals surface area contributed by atoms with Gasteiger partial charge in [-0.1, -0.05) is 12.1 Å². The van der Waals surface area contributed by atoms with Crippen molar-refractivity contribution in [3.63, 3.8) is 0 Å². The lowest BCUT2D eigenvalue weighted by Crippen LogP contribution is -2.03. The zero-order valence-corrected chi connectivity index (χ0v) is 15.0. The monoisotopic (exact) mass is 386 g/mol. The molecule has 0 fully saturated rings. The van der Waals surface area contributed by atoms with Gasteiger partial charge in [0.2, 0.25) is 11.1 Å². The molecule has 0 aliphatic heterocycles. The molecular formula is C22H6N6O2. The summed E-state index contributed by atoms with van der Waals surface area (Å²) >= 11 is 0. The molecule has 0 spiro atoms. The van der Waals surface area contributed by atoms with Crippen LogP contribution in [0, 0.1) is 45.3 Å². The first kappa shape index (κ1) is 17.0. The first-order valence-corrected chi connectivity index (χ1v) is 8.58. The second-order valence-electron chi connectivity index (χ2n) is 6.35. The number of nitriles is 4. The number of hydrogen-bond donors (Lipinski definition) is 0. The van der Waals surface area contributed by atoms with Crippen LogP contribution in [0.4, 0.5) is 0 Å². The van der Waals surface area contributed by atoms with Crippen LogP contribution in [0.15, 0.2) is 45.2 Å². The van der Waals surface area contributed by atoms with E-state index >= 15 is 0 Å². The Morgan fingerprint density at radius 2 is 1.30 bits per heavy atom. The Labute approximate surface area is 167 Å². The number of benzene rings is 3. The fourth-order valence-electron chi connectivity index (χ4n) is 3.40. The van der Waals surface area contributed by atoms with E-state index in [1.54, 1.807) is 36.4 Å². The molecule has 0 aliphatic rings. The van der Waals surface area contributed by atoms with Crippen molar-refractivity contribution >= 4 is 54.9 Å². The SMILES string of the molecule is N#CC(C#N)=c1nc2cc3ccc4c(ccc5nc(=C(C#N)C#N)oc54)c3cc2o1. The molecule has 0 radical (unpaired) electrons. The summed E-state index contributed by atoms with van der Waals surface area (Å²) in [7, 11) is 0. The summed E-state index contributed by atoms with van der Waals surface area (Å²) in [6.07, 6.45) is 0. The predicted molar refractivity (Wildman–Crippen MR) is 105 cm³/mol. The maximum Gasteiger partial charge on any atom is 0.249 e. The van der Waals surface area contributed by atoms with Crippen LogP contribution in [-0.2, 0) is 0 Å². The van der Waals surface area contributed by atoms with Gasteiger partial charge in [0.05, 0.1) is 0 Å². The smallest absolute Gasteiger partial charge is 0.249 e. The molecular weight excluding hydrogens is 380 g/mol. The molecule has 0 bridgehead atoms. The van der Waals surface area contributed by atoms with Gasteiger partial charge in [-0.25, -0.2) is 9.97 Å². The van der Waals surface area contributed by atoms with Gasteiger partial charge in [0.25, 0.3) is 0 Å². The van der Waals surface area contributed by atoms with E-state index in [0.717, 1.165) is 21.5 Å². The van der Waals surface area contributed by atoms with Crippen molar-refractivity contribution in [2.75, 3.05) is 0 Å². The van der Waals surface area contributed by atoms with Gasteiger partial charge < -0.3 is 8.83 Å². The maximum atomic E-state index is 9.07. The average molecular weight is 386 g/mol. The molecule has 0 saturated heterocycles. The van der Waals surface area contributed by atoms with Crippen LogP contribution in [0.3, 0.4) is 0 Å². The Morgan fingerprint density at radius 1 is 0.667 bits per heavy atom. The highest BCUT2D eigenvalue weighted by Crippen LogP contribution is 2.32. The molecule has 2 heterocycles. The zero-order chi connectivity index (χ0) is 20.8. The van der Waals surface area contributed by atoms with Crippen LogP contribution < -0.4 is 11.1 Å². The van der Waals surface area contributed by atoms with E-state index in [9.17, 15) is 0 Å². The molecule has 0 aliphatic carbocycles. The molecule has 0 unspecified atom stereocenters. The minimum atomic E-state index is -0.196. The first-order valence-electron chi connectivity index (χ1n) is 8.58. The van der Waals surface area contributed by atoms with E-state index < -0.39 is 0 Å². The molecule has 0 N–H and O–H groups in total. The van der Waals surface area contributed by atoms with Crippen molar-refractivity contribution in [1.82, 2.24) is 9.97 Å². The largest absolute Gasteiger partial charge is 0.435 e. The summed E-state index contributed by atoms with van der Waals surface area (Å²) in [5.74, 6) is 0. The Morgan fingerprint density at radius 3 is 2.00 bits per heavy atom. The van der Waals surface area contributed by atoms with Gasteiger partial charge in [0, 0.05) is 5.39 Å². The second kappa shape index (κ2) is 6.17. The number of oxazole rings is 2. The molecule has 30 heavy (non-hydrogen) atoms. The van der Waals surface area contributed by atoms with Crippen LogP contribution in [0.25, 0.3) is 54.9 Å². The van der Waals surface area contributed by atoms with E-state index in [0.29, 0.717) is 22.2 Å². The molecule has 5 aromatic rings. The number of rotatable bonds is 0. The lowest BCUT2D eigenvalue weighted by molar-refractivity contribution is 0.559. The third-order valence-electron chi connectivity index (χ3n) is 4.75. The molecule has 136 valence electrons. The minimum Gasteiger partial charge on any atom is -0.435 e. The summed E-state index contributed by atoms with van der Waals surface area (Å²) in [6.45, 7) is 0. The Hall–Kier alpha value is -5.18. The van der Waals surface area contributed by atoms with Gasteiger partial charge in [-0.3, -0.25) is 0 Å². The van der Waals surface area contributed by atoms with Crippen molar-refractivity contribution < 1.29 is 8.83 Å². The third-order valence-corrected chi connectivity index (χ3v) is 4.75. The molecule has 5 rings (SSSR count). The number of aromatic nitrogens is 2. The summed E-state index contributed by atoms with van der Waals surface area (Å²) in [4.78, 5) is 8.47. The molecule has 0 atom stereocenters. The molecule has 3 aromatic carbocycles. The van der Waals surface area contributed by atoms with Crippen molar-refractivity contribution in [2.45, 2.75) is 0 Å². The van der Waals surface area contributed by atoms with Gasteiger partial charge in [0.1, 0.15) is 35.3 Å².